The van der Waals surface area contributed by atoms with Gasteiger partial charge in [-0.1, -0.05) is 0 Å². The Morgan fingerprint density at radius 2 is 2.26 bits per heavy atom. The molecule has 1 aromatic carbocycles. The number of halogens is 2. The highest BCUT2D eigenvalue weighted by Gasteiger charge is 2.25. The summed E-state index contributed by atoms with van der Waals surface area (Å²) in [6.45, 7) is 3.46. The largest absolute Gasteiger partial charge is 0.443 e. The number of primary amides is 1. The second kappa shape index (κ2) is 5.05. The van der Waals surface area contributed by atoms with Crippen LogP contribution in [-0.4, -0.2) is 16.7 Å². The molecule has 0 unspecified atom stereocenters. The highest BCUT2D eigenvalue weighted by atomic mass is 79.9. The Morgan fingerprint density at radius 1 is 1.58 bits per heavy atom. The zero-order valence-corrected chi connectivity index (χ0v) is 12.8. The van der Waals surface area contributed by atoms with E-state index < -0.39 is 11.7 Å². The van der Waals surface area contributed by atoms with E-state index in [0.717, 1.165) is 4.47 Å². The van der Waals surface area contributed by atoms with E-state index in [-0.39, 0.29) is 5.82 Å². The van der Waals surface area contributed by atoms with Gasteiger partial charge in [-0.05, 0) is 41.9 Å². The Bertz CT molecular complexity index is 603. The number of thiazole rings is 1. The number of ether oxygens (including phenoxy) is 1. The molecule has 0 saturated carbocycles. The van der Waals surface area contributed by atoms with Crippen LogP contribution in [0.1, 0.15) is 18.9 Å². The molecule has 4 nitrogen and oxygen atoms in total. The first kappa shape index (κ1) is 14.2. The van der Waals surface area contributed by atoms with Crippen LogP contribution in [0.4, 0.5) is 9.18 Å². The number of nitrogens with zero attached hydrogens (tertiary/aromatic N) is 1. The van der Waals surface area contributed by atoms with E-state index >= 15 is 0 Å². The Labute approximate surface area is 121 Å². The minimum absolute atomic E-state index is 0.310. The number of nitrogens with two attached hydrogens (primary N) is 1. The van der Waals surface area contributed by atoms with Gasteiger partial charge in [0.1, 0.15) is 11.4 Å². The molecule has 1 aromatic heterocycles. The van der Waals surface area contributed by atoms with Crippen LogP contribution in [0.25, 0.3) is 10.2 Å². The average Bonchev–Trinajstić information content (AvgIpc) is 2.65. The van der Waals surface area contributed by atoms with E-state index in [9.17, 15) is 9.18 Å². The number of benzene rings is 1. The standard InChI is InChI=1S/C12H12BrFN2O2S/c1-12(2,18-11(15)17)5-8-16-9-6(13)3-4-7(14)10(9)19-8/h3-4H,5H2,1-2H3,(H2,15,17). The fourth-order valence-electron chi connectivity index (χ4n) is 1.74. The summed E-state index contributed by atoms with van der Waals surface area (Å²) in [7, 11) is 0. The van der Waals surface area contributed by atoms with E-state index in [1.165, 1.54) is 17.4 Å². The molecule has 19 heavy (non-hydrogen) atoms. The maximum Gasteiger partial charge on any atom is 0.405 e. The van der Waals surface area contributed by atoms with E-state index in [1.54, 1.807) is 19.9 Å². The number of fused-ring (bicyclic) bond motifs is 1. The van der Waals surface area contributed by atoms with Gasteiger partial charge in [0.15, 0.2) is 0 Å². The third kappa shape index (κ3) is 3.22. The lowest BCUT2D eigenvalue weighted by atomic mass is 10.1. The first-order chi connectivity index (χ1) is 8.78. The lowest BCUT2D eigenvalue weighted by molar-refractivity contribution is 0.0460. The zero-order valence-electron chi connectivity index (χ0n) is 10.4. The van der Waals surface area contributed by atoms with Gasteiger partial charge in [-0.2, -0.15) is 0 Å². The number of aromatic nitrogens is 1. The van der Waals surface area contributed by atoms with Gasteiger partial charge >= 0.3 is 6.09 Å². The molecule has 0 radical (unpaired) electrons. The van der Waals surface area contributed by atoms with Crippen molar-refractivity contribution in [1.82, 2.24) is 4.98 Å². The van der Waals surface area contributed by atoms with Crippen molar-refractivity contribution in [3.05, 3.63) is 27.4 Å². The van der Waals surface area contributed by atoms with Crippen molar-refractivity contribution in [2.45, 2.75) is 25.9 Å². The summed E-state index contributed by atoms with van der Waals surface area (Å²) in [4.78, 5) is 15.2. The molecule has 1 amide bonds. The molecule has 0 saturated heterocycles. The first-order valence-electron chi connectivity index (χ1n) is 5.50. The van der Waals surface area contributed by atoms with Gasteiger partial charge in [0.25, 0.3) is 0 Å². The molecule has 0 spiro atoms. The first-order valence-corrected chi connectivity index (χ1v) is 7.11. The monoisotopic (exact) mass is 346 g/mol. The van der Waals surface area contributed by atoms with Crippen molar-refractivity contribution in [1.29, 1.82) is 0 Å². The summed E-state index contributed by atoms with van der Waals surface area (Å²) in [6.07, 6.45) is -0.459. The van der Waals surface area contributed by atoms with E-state index in [4.69, 9.17) is 10.5 Å². The number of amides is 1. The number of rotatable bonds is 3. The lowest BCUT2D eigenvalue weighted by Gasteiger charge is -2.22. The maximum absolute atomic E-state index is 13.7. The fourth-order valence-corrected chi connectivity index (χ4v) is 3.50. The summed E-state index contributed by atoms with van der Waals surface area (Å²) in [5.74, 6) is -0.310. The van der Waals surface area contributed by atoms with Crippen molar-refractivity contribution in [2.24, 2.45) is 5.73 Å². The lowest BCUT2D eigenvalue weighted by Crippen LogP contribution is -2.33. The molecule has 2 N–H and O–H groups in total. The van der Waals surface area contributed by atoms with Crippen LogP contribution < -0.4 is 5.73 Å². The van der Waals surface area contributed by atoms with Crippen molar-refractivity contribution in [3.8, 4) is 0 Å². The van der Waals surface area contributed by atoms with Crippen molar-refractivity contribution in [2.75, 3.05) is 0 Å². The van der Waals surface area contributed by atoms with Gasteiger partial charge in [-0.25, -0.2) is 14.2 Å². The summed E-state index contributed by atoms with van der Waals surface area (Å²) >= 11 is 4.58. The van der Waals surface area contributed by atoms with Gasteiger partial charge in [0.2, 0.25) is 0 Å². The molecule has 2 rings (SSSR count). The molecule has 0 aliphatic rings. The average molecular weight is 347 g/mol. The molecule has 0 aliphatic heterocycles. The Hall–Kier alpha value is -1.21. The van der Waals surface area contributed by atoms with E-state index in [1.807, 2.05) is 0 Å². The maximum atomic E-state index is 13.7. The topological polar surface area (TPSA) is 65.2 Å². The summed E-state index contributed by atoms with van der Waals surface area (Å²) in [5.41, 5.74) is 4.81. The highest BCUT2D eigenvalue weighted by Crippen LogP contribution is 2.32. The summed E-state index contributed by atoms with van der Waals surface area (Å²) in [5, 5.41) is 0.687. The second-order valence-corrected chi connectivity index (χ2v) is 6.61. The quantitative estimate of drug-likeness (QED) is 0.922. The van der Waals surface area contributed by atoms with Crippen LogP contribution in [0.15, 0.2) is 16.6 Å². The third-order valence-corrected chi connectivity index (χ3v) is 4.15. The second-order valence-electron chi connectivity index (χ2n) is 4.67. The SMILES string of the molecule is CC(C)(Cc1nc2c(Br)ccc(F)c2s1)OC(N)=O. The molecule has 0 atom stereocenters. The van der Waals surface area contributed by atoms with Crippen LogP contribution in [0.2, 0.25) is 0 Å². The third-order valence-electron chi connectivity index (χ3n) is 2.44. The molecule has 7 heteroatoms. The molecular formula is C12H12BrFN2O2S. The molecule has 0 aliphatic carbocycles. The molecule has 0 fully saturated rings. The van der Waals surface area contributed by atoms with Crippen molar-refractivity contribution in [3.63, 3.8) is 0 Å². The van der Waals surface area contributed by atoms with E-state index in [2.05, 4.69) is 20.9 Å². The Morgan fingerprint density at radius 3 is 2.84 bits per heavy atom. The minimum Gasteiger partial charge on any atom is -0.443 e. The van der Waals surface area contributed by atoms with Crippen LogP contribution in [0.5, 0.6) is 0 Å². The normalized spacial score (nSPS) is 11.8. The fraction of sp³-hybridized carbons (Fsp3) is 0.333. The molecule has 1 heterocycles. The smallest absolute Gasteiger partial charge is 0.405 e. The predicted octanol–water partition coefficient (Wildman–Crippen LogP) is 3.61. The predicted molar refractivity (Wildman–Crippen MR) is 75.7 cm³/mol. The van der Waals surface area contributed by atoms with Crippen molar-refractivity contribution < 1.29 is 13.9 Å². The molecular weight excluding hydrogens is 335 g/mol. The van der Waals surface area contributed by atoms with Gasteiger partial charge in [-0.3, -0.25) is 0 Å². The number of hydrogen-bond donors (Lipinski definition) is 1. The molecule has 2 aromatic rings. The Balaban J connectivity index is 2.34. The highest BCUT2D eigenvalue weighted by molar-refractivity contribution is 9.10. The van der Waals surface area contributed by atoms with Crippen molar-refractivity contribution >= 4 is 43.6 Å². The van der Waals surface area contributed by atoms with Gasteiger partial charge < -0.3 is 10.5 Å². The number of hydrogen-bond acceptors (Lipinski definition) is 4. The Kier molecular flexibility index (Phi) is 3.78. The van der Waals surface area contributed by atoms with Gasteiger partial charge in [0.05, 0.1) is 15.2 Å². The van der Waals surface area contributed by atoms with Crippen LogP contribution in [0.3, 0.4) is 0 Å². The minimum atomic E-state index is -0.835. The summed E-state index contributed by atoms with van der Waals surface area (Å²) < 4.78 is 19.9. The summed E-state index contributed by atoms with van der Waals surface area (Å²) in [6, 6.07) is 3.01. The van der Waals surface area contributed by atoms with E-state index in [0.29, 0.717) is 21.6 Å². The molecule has 0 bridgehead atoms. The van der Waals surface area contributed by atoms with Gasteiger partial charge in [0, 0.05) is 10.9 Å². The van der Waals surface area contributed by atoms with Gasteiger partial charge in [-0.15, -0.1) is 11.3 Å². The van der Waals surface area contributed by atoms with Crippen LogP contribution in [0, 0.1) is 5.82 Å². The zero-order chi connectivity index (χ0) is 14.2. The van der Waals surface area contributed by atoms with Crippen LogP contribution >= 0.6 is 27.3 Å². The number of carbonyl (C=O) groups is 1. The molecule has 102 valence electrons. The van der Waals surface area contributed by atoms with Crippen LogP contribution in [-0.2, 0) is 11.2 Å². The number of carbonyl (C=O) groups excluding carboxylic acids is 1.